The number of carbonyl (C=O) groups is 2. The van der Waals surface area contributed by atoms with Crippen molar-refractivity contribution >= 4 is 11.8 Å². The van der Waals surface area contributed by atoms with Crippen molar-refractivity contribution in [2.24, 2.45) is 5.73 Å². The molecule has 2 aliphatic heterocycles. The van der Waals surface area contributed by atoms with Gasteiger partial charge in [0.15, 0.2) is 18.1 Å². The first kappa shape index (κ1) is 29.5. The minimum absolute atomic E-state index is 0.333. The number of methoxy groups -OCH3 is 1. The number of aromatic amines is 1. The maximum atomic E-state index is 12.5. The zero-order valence-electron chi connectivity index (χ0n) is 21.0. The molecule has 15 heteroatoms. The molecule has 2 aliphatic rings. The van der Waals surface area contributed by atoms with Gasteiger partial charge in [-0.1, -0.05) is 26.2 Å². The molecule has 2 amide bonds. The van der Waals surface area contributed by atoms with Crippen LogP contribution in [0.3, 0.4) is 0 Å². The number of aliphatic hydroxyl groups excluding tert-OH is 3. The van der Waals surface area contributed by atoms with Crippen molar-refractivity contribution in [2.45, 2.75) is 81.7 Å². The molecule has 0 spiro atoms. The molecule has 0 radical (unpaired) electrons. The number of rotatable bonds is 12. The number of amides is 2. The summed E-state index contributed by atoms with van der Waals surface area (Å²) < 4.78 is 22.9. The normalized spacial score (nSPS) is 29.8. The molecule has 0 unspecified atom stereocenters. The molecule has 0 aromatic carbocycles. The number of primary amides is 1. The van der Waals surface area contributed by atoms with Gasteiger partial charge in [0, 0.05) is 25.9 Å². The van der Waals surface area contributed by atoms with Crippen LogP contribution in [0.15, 0.2) is 33.7 Å². The van der Waals surface area contributed by atoms with Gasteiger partial charge in [0.1, 0.15) is 30.5 Å². The number of nitrogens with two attached hydrogens (primary N) is 1. The van der Waals surface area contributed by atoms with Gasteiger partial charge in [-0.15, -0.1) is 0 Å². The molecule has 212 valence electrons. The smallest absolute Gasteiger partial charge is 0.330 e. The first-order valence-electron chi connectivity index (χ1n) is 12.2. The third-order valence-corrected chi connectivity index (χ3v) is 6.24. The van der Waals surface area contributed by atoms with Gasteiger partial charge in [0.2, 0.25) is 12.2 Å². The molecular weight excluding hydrogens is 508 g/mol. The van der Waals surface area contributed by atoms with E-state index >= 15 is 0 Å². The SMILES string of the molecule is CCCCCCNC(=O)C1=C[C@H](O)[C@H](O)[C@@H](O[C@@H](C(N)=O)[C@H]2O[C@@H](n3ccc(=O)[nH]c3=O)[C@H](O)[C@@H]2OC)O1. The van der Waals surface area contributed by atoms with Gasteiger partial charge in [-0.2, -0.15) is 0 Å². The van der Waals surface area contributed by atoms with Crippen LogP contribution in [0.5, 0.6) is 0 Å². The maximum Gasteiger partial charge on any atom is 0.330 e. The molecule has 1 aromatic heterocycles. The van der Waals surface area contributed by atoms with Crippen LogP contribution in [0.4, 0.5) is 0 Å². The van der Waals surface area contributed by atoms with Gasteiger partial charge in [-0.3, -0.25) is 23.9 Å². The van der Waals surface area contributed by atoms with E-state index in [1.807, 2.05) is 4.98 Å². The van der Waals surface area contributed by atoms with Crippen LogP contribution >= 0.6 is 0 Å². The van der Waals surface area contributed by atoms with Crippen LogP contribution in [-0.4, -0.2) is 93.3 Å². The zero-order valence-corrected chi connectivity index (χ0v) is 21.0. The van der Waals surface area contributed by atoms with E-state index in [2.05, 4.69) is 12.2 Å². The Morgan fingerprint density at radius 1 is 1.21 bits per heavy atom. The average Bonchev–Trinajstić information content (AvgIpc) is 3.19. The highest BCUT2D eigenvalue weighted by atomic mass is 16.7. The second-order valence-electron chi connectivity index (χ2n) is 8.97. The Kier molecular flexibility index (Phi) is 10.2. The van der Waals surface area contributed by atoms with Crippen LogP contribution in [0.25, 0.3) is 0 Å². The lowest BCUT2D eigenvalue weighted by molar-refractivity contribution is -0.241. The van der Waals surface area contributed by atoms with Gasteiger partial charge >= 0.3 is 5.69 Å². The summed E-state index contributed by atoms with van der Waals surface area (Å²) in [6, 6.07) is 1.03. The number of ether oxygens (including phenoxy) is 4. The van der Waals surface area contributed by atoms with Crippen molar-refractivity contribution in [3.05, 3.63) is 44.9 Å². The molecule has 0 bridgehead atoms. The van der Waals surface area contributed by atoms with Crippen molar-refractivity contribution in [3.8, 4) is 0 Å². The summed E-state index contributed by atoms with van der Waals surface area (Å²) in [5.74, 6) is -2.10. The van der Waals surface area contributed by atoms with E-state index in [0.717, 1.165) is 48.6 Å². The van der Waals surface area contributed by atoms with Crippen LogP contribution < -0.4 is 22.3 Å². The lowest BCUT2D eigenvalue weighted by atomic mass is 10.0. The molecule has 8 atom stereocenters. The van der Waals surface area contributed by atoms with Gasteiger partial charge in [0.05, 0.1) is 0 Å². The fourth-order valence-corrected chi connectivity index (χ4v) is 4.23. The third-order valence-electron chi connectivity index (χ3n) is 6.24. The molecule has 0 aliphatic carbocycles. The summed E-state index contributed by atoms with van der Waals surface area (Å²) in [6.45, 7) is 2.42. The van der Waals surface area contributed by atoms with Crippen molar-refractivity contribution in [1.82, 2.24) is 14.9 Å². The van der Waals surface area contributed by atoms with Gasteiger partial charge in [-0.05, 0) is 12.5 Å². The Hall–Kier alpha value is -3.08. The van der Waals surface area contributed by atoms with Gasteiger partial charge < -0.3 is 45.3 Å². The number of aromatic nitrogens is 2. The summed E-state index contributed by atoms with van der Waals surface area (Å²) in [6.07, 6.45) is -6.57. The molecule has 0 saturated carbocycles. The molecule has 3 rings (SSSR count). The number of hydrogen-bond acceptors (Lipinski definition) is 11. The summed E-state index contributed by atoms with van der Waals surface area (Å²) in [5, 5.41) is 34.1. The van der Waals surface area contributed by atoms with E-state index in [1.165, 1.54) is 7.11 Å². The summed E-state index contributed by atoms with van der Waals surface area (Å²) >= 11 is 0. The van der Waals surface area contributed by atoms with E-state index in [4.69, 9.17) is 24.7 Å². The first-order valence-corrected chi connectivity index (χ1v) is 12.2. The molecular formula is C23H34N4O11. The van der Waals surface area contributed by atoms with Crippen molar-refractivity contribution in [1.29, 1.82) is 0 Å². The lowest BCUT2D eigenvalue weighted by Gasteiger charge is -2.35. The Bertz CT molecular complexity index is 1120. The second kappa shape index (κ2) is 13.1. The third kappa shape index (κ3) is 6.67. The van der Waals surface area contributed by atoms with Gasteiger partial charge in [-0.25, -0.2) is 4.79 Å². The van der Waals surface area contributed by atoms with E-state index in [1.54, 1.807) is 0 Å². The quantitative estimate of drug-likeness (QED) is 0.149. The lowest BCUT2D eigenvalue weighted by Crippen LogP contribution is -2.54. The number of aliphatic hydroxyl groups is 3. The van der Waals surface area contributed by atoms with E-state index in [9.17, 15) is 34.5 Å². The Balaban J connectivity index is 1.76. The topological polar surface area (TPSA) is 225 Å². The van der Waals surface area contributed by atoms with E-state index < -0.39 is 72.2 Å². The second-order valence-corrected chi connectivity index (χ2v) is 8.97. The highest BCUT2D eigenvalue weighted by molar-refractivity contribution is 5.91. The highest BCUT2D eigenvalue weighted by Gasteiger charge is 2.52. The Morgan fingerprint density at radius 2 is 1.95 bits per heavy atom. The standard InChI is InChI=1S/C23H34N4O11/c1-3-4-5-6-8-25-20(33)12-10-11(28)14(30)22(36-12)38-18(19(24)32)17-16(35-2)15(31)21(37-17)27-9-7-13(29)26-23(27)34/h7,9-11,14-18,21-22,28,30-31H,3-6,8H2,1-2H3,(H2,24,32)(H,25,33)(H,26,29,34)/t11-,14-,15+,16-,17-,18+,21+,22+/m0/s1. The predicted molar refractivity (Wildman–Crippen MR) is 128 cm³/mol. The minimum Gasteiger partial charge on any atom is -0.456 e. The zero-order chi connectivity index (χ0) is 28.0. The number of carbonyl (C=O) groups excluding carboxylic acids is 2. The highest BCUT2D eigenvalue weighted by Crippen LogP contribution is 2.34. The largest absolute Gasteiger partial charge is 0.456 e. The monoisotopic (exact) mass is 542 g/mol. The number of hydrogen-bond donors (Lipinski definition) is 6. The number of nitrogens with one attached hydrogen (secondary N) is 2. The molecule has 1 fully saturated rings. The van der Waals surface area contributed by atoms with Crippen LogP contribution in [0, 0.1) is 0 Å². The number of nitrogens with zero attached hydrogens (tertiary/aromatic N) is 1. The maximum absolute atomic E-state index is 12.5. The van der Waals surface area contributed by atoms with E-state index in [0.29, 0.717) is 6.54 Å². The van der Waals surface area contributed by atoms with Crippen LogP contribution in [-0.2, 0) is 28.5 Å². The predicted octanol–water partition coefficient (Wildman–Crippen LogP) is -2.66. The first-order chi connectivity index (χ1) is 18.1. The van der Waals surface area contributed by atoms with Crippen molar-refractivity contribution in [2.75, 3.05) is 13.7 Å². The van der Waals surface area contributed by atoms with Crippen LogP contribution in [0.2, 0.25) is 0 Å². The fourth-order valence-electron chi connectivity index (χ4n) is 4.23. The Labute approximate surface area is 217 Å². The fraction of sp³-hybridized carbons (Fsp3) is 0.652. The molecule has 1 saturated heterocycles. The summed E-state index contributed by atoms with van der Waals surface area (Å²) in [7, 11) is 1.21. The molecule has 15 nitrogen and oxygen atoms in total. The summed E-state index contributed by atoms with van der Waals surface area (Å²) in [5.41, 5.74) is 3.96. The molecule has 7 N–H and O–H groups in total. The van der Waals surface area contributed by atoms with Crippen molar-refractivity contribution in [3.63, 3.8) is 0 Å². The average molecular weight is 543 g/mol. The van der Waals surface area contributed by atoms with Crippen molar-refractivity contribution < 1.29 is 43.9 Å². The molecule has 1 aromatic rings. The van der Waals surface area contributed by atoms with Crippen LogP contribution in [0.1, 0.15) is 38.8 Å². The molecule has 38 heavy (non-hydrogen) atoms. The number of H-pyrrole nitrogens is 1. The van der Waals surface area contributed by atoms with Gasteiger partial charge in [0.25, 0.3) is 11.5 Å². The number of unbranched alkanes of at least 4 members (excludes halogenated alkanes) is 3. The van der Waals surface area contributed by atoms with E-state index in [-0.39, 0.29) is 5.76 Å². The minimum atomic E-state index is -1.73. The summed E-state index contributed by atoms with van der Waals surface area (Å²) in [4.78, 5) is 50.6. The molecule has 3 heterocycles. The Morgan fingerprint density at radius 3 is 2.58 bits per heavy atom.